The van der Waals surface area contributed by atoms with Crippen LogP contribution in [0.3, 0.4) is 0 Å². The Kier molecular flexibility index (Phi) is 4.04. The SMILES string of the molecule is Cc1cnc(NC(=O)[C@@]2(C)Cc3ccc(O)cc3[C@H]2c2ccccc2)s1. The molecule has 1 aliphatic rings. The molecule has 5 heteroatoms. The zero-order chi connectivity index (χ0) is 18.3. The molecule has 26 heavy (non-hydrogen) atoms. The van der Waals surface area contributed by atoms with Gasteiger partial charge in [0.25, 0.3) is 0 Å². The molecule has 1 aliphatic carbocycles. The van der Waals surface area contributed by atoms with E-state index in [-0.39, 0.29) is 17.6 Å². The van der Waals surface area contributed by atoms with E-state index < -0.39 is 5.41 Å². The summed E-state index contributed by atoms with van der Waals surface area (Å²) in [6, 6.07) is 15.4. The van der Waals surface area contributed by atoms with Gasteiger partial charge in [0.2, 0.25) is 5.91 Å². The monoisotopic (exact) mass is 364 g/mol. The number of rotatable bonds is 3. The molecule has 132 valence electrons. The quantitative estimate of drug-likeness (QED) is 0.720. The molecule has 0 saturated heterocycles. The molecule has 1 amide bonds. The first-order chi connectivity index (χ1) is 12.5. The zero-order valence-corrected chi connectivity index (χ0v) is 15.5. The number of aromatic nitrogens is 1. The lowest BCUT2D eigenvalue weighted by Gasteiger charge is -2.30. The van der Waals surface area contributed by atoms with E-state index in [1.807, 2.05) is 50.2 Å². The Bertz CT molecular complexity index is 967. The van der Waals surface area contributed by atoms with Crippen molar-refractivity contribution in [3.05, 3.63) is 76.3 Å². The van der Waals surface area contributed by atoms with Crippen molar-refractivity contribution < 1.29 is 9.90 Å². The molecule has 0 aliphatic heterocycles. The van der Waals surface area contributed by atoms with Gasteiger partial charge in [-0.2, -0.15) is 0 Å². The number of aryl methyl sites for hydroxylation is 1. The van der Waals surface area contributed by atoms with Crippen LogP contribution in [0.15, 0.2) is 54.7 Å². The molecule has 2 aromatic carbocycles. The van der Waals surface area contributed by atoms with Gasteiger partial charge in [-0.3, -0.25) is 4.79 Å². The summed E-state index contributed by atoms with van der Waals surface area (Å²) in [4.78, 5) is 18.6. The van der Waals surface area contributed by atoms with Crippen molar-refractivity contribution >= 4 is 22.4 Å². The van der Waals surface area contributed by atoms with Gasteiger partial charge in [-0.25, -0.2) is 4.98 Å². The van der Waals surface area contributed by atoms with E-state index in [9.17, 15) is 9.90 Å². The van der Waals surface area contributed by atoms with Crippen LogP contribution in [0.4, 0.5) is 5.13 Å². The maximum absolute atomic E-state index is 13.3. The minimum absolute atomic E-state index is 0.0450. The van der Waals surface area contributed by atoms with Gasteiger partial charge in [0.05, 0.1) is 5.41 Å². The highest BCUT2D eigenvalue weighted by molar-refractivity contribution is 7.15. The lowest BCUT2D eigenvalue weighted by Crippen LogP contribution is -2.37. The van der Waals surface area contributed by atoms with E-state index in [1.54, 1.807) is 18.3 Å². The fourth-order valence-electron chi connectivity index (χ4n) is 3.91. The number of carbonyl (C=O) groups is 1. The summed E-state index contributed by atoms with van der Waals surface area (Å²) in [5.74, 6) is 0.0631. The van der Waals surface area contributed by atoms with Crippen molar-refractivity contribution in [3.63, 3.8) is 0 Å². The fraction of sp³-hybridized carbons (Fsp3) is 0.238. The Morgan fingerprint density at radius 3 is 2.73 bits per heavy atom. The smallest absolute Gasteiger partial charge is 0.233 e. The van der Waals surface area contributed by atoms with Crippen LogP contribution >= 0.6 is 11.3 Å². The normalized spacial score (nSPS) is 21.4. The number of amides is 1. The summed E-state index contributed by atoms with van der Waals surface area (Å²) in [6.07, 6.45) is 2.39. The maximum Gasteiger partial charge on any atom is 0.233 e. The van der Waals surface area contributed by atoms with E-state index in [0.717, 1.165) is 21.6 Å². The first-order valence-corrected chi connectivity index (χ1v) is 9.39. The van der Waals surface area contributed by atoms with Crippen LogP contribution < -0.4 is 5.32 Å². The third kappa shape index (κ3) is 2.78. The lowest BCUT2D eigenvalue weighted by molar-refractivity contribution is -0.125. The number of phenols is 1. The Balaban J connectivity index is 1.77. The minimum atomic E-state index is -0.656. The van der Waals surface area contributed by atoms with Crippen molar-refractivity contribution in [3.8, 4) is 5.75 Å². The number of carbonyl (C=O) groups excluding carboxylic acids is 1. The van der Waals surface area contributed by atoms with Crippen molar-refractivity contribution in [2.75, 3.05) is 5.32 Å². The van der Waals surface area contributed by atoms with Crippen molar-refractivity contribution in [1.82, 2.24) is 4.98 Å². The molecule has 2 N–H and O–H groups in total. The van der Waals surface area contributed by atoms with Crippen LogP contribution in [0.2, 0.25) is 0 Å². The molecule has 0 spiro atoms. The van der Waals surface area contributed by atoms with Gasteiger partial charge in [0, 0.05) is 17.0 Å². The van der Waals surface area contributed by atoms with Gasteiger partial charge in [-0.1, -0.05) is 36.4 Å². The predicted molar refractivity (Wildman–Crippen MR) is 104 cm³/mol. The summed E-state index contributed by atoms with van der Waals surface area (Å²) >= 11 is 1.47. The fourth-order valence-corrected chi connectivity index (χ4v) is 4.57. The largest absolute Gasteiger partial charge is 0.508 e. The van der Waals surface area contributed by atoms with Crippen LogP contribution in [0.25, 0.3) is 0 Å². The van der Waals surface area contributed by atoms with Crippen LogP contribution in [-0.4, -0.2) is 16.0 Å². The van der Waals surface area contributed by atoms with Crippen LogP contribution in [0.1, 0.15) is 34.4 Å². The number of benzene rings is 2. The predicted octanol–water partition coefficient (Wildman–Crippen LogP) is 4.49. The third-order valence-corrected chi connectivity index (χ3v) is 5.96. The lowest BCUT2D eigenvalue weighted by atomic mass is 9.73. The van der Waals surface area contributed by atoms with E-state index in [2.05, 4.69) is 10.3 Å². The van der Waals surface area contributed by atoms with Gasteiger partial charge in [0.1, 0.15) is 5.75 Å². The molecule has 4 rings (SSSR count). The summed E-state index contributed by atoms with van der Waals surface area (Å²) in [7, 11) is 0. The van der Waals surface area contributed by atoms with Gasteiger partial charge < -0.3 is 10.4 Å². The molecule has 2 atom stereocenters. The van der Waals surface area contributed by atoms with Crippen LogP contribution in [0.5, 0.6) is 5.75 Å². The Hall–Kier alpha value is -2.66. The van der Waals surface area contributed by atoms with Crippen LogP contribution in [-0.2, 0) is 11.2 Å². The van der Waals surface area contributed by atoms with E-state index in [4.69, 9.17) is 0 Å². The molecule has 0 bridgehead atoms. The summed E-state index contributed by atoms with van der Waals surface area (Å²) in [6.45, 7) is 3.97. The first kappa shape index (κ1) is 16.8. The molecule has 0 radical (unpaired) electrons. The topological polar surface area (TPSA) is 62.2 Å². The van der Waals surface area contributed by atoms with E-state index >= 15 is 0 Å². The summed E-state index contributed by atoms with van der Waals surface area (Å²) < 4.78 is 0. The minimum Gasteiger partial charge on any atom is -0.508 e. The average Bonchev–Trinajstić information content (AvgIpc) is 3.16. The number of phenolic OH excluding ortho intramolecular Hbond substituents is 1. The van der Waals surface area contributed by atoms with Crippen molar-refractivity contribution in [2.45, 2.75) is 26.2 Å². The van der Waals surface area contributed by atoms with Gasteiger partial charge >= 0.3 is 0 Å². The maximum atomic E-state index is 13.3. The number of nitrogens with zero attached hydrogens (tertiary/aromatic N) is 1. The molecule has 3 aromatic rings. The van der Waals surface area contributed by atoms with Crippen molar-refractivity contribution in [2.24, 2.45) is 5.41 Å². The molecule has 1 aromatic heterocycles. The second kappa shape index (κ2) is 6.25. The molecule has 0 unspecified atom stereocenters. The Morgan fingerprint density at radius 2 is 2.04 bits per heavy atom. The number of aromatic hydroxyl groups is 1. The second-order valence-electron chi connectivity index (χ2n) is 7.05. The molecular weight excluding hydrogens is 344 g/mol. The van der Waals surface area contributed by atoms with Crippen molar-refractivity contribution in [1.29, 1.82) is 0 Å². The second-order valence-corrected chi connectivity index (χ2v) is 8.29. The van der Waals surface area contributed by atoms with E-state index in [0.29, 0.717) is 11.6 Å². The molecular formula is C21H20N2O2S. The molecule has 4 nitrogen and oxygen atoms in total. The number of nitrogens with one attached hydrogen (secondary N) is 1. The number of hydrogen-bond acceptors (Lipinski definition) is 4. The average molecular weight is 364 g/mol. The standard InChI is InChI=1S/C21H20N2O2S/c1-13-12-22-20(26-13)23-19(25)21(2)11-15-8-9-16(24)10-17(15)18(21)14-6-4-3-5-7-14/h3-10,12,18,24H,11H2,1-2H3,(H,22,23,25)/t18-,21+/m1/s1. The van der Waals surface area contributed by atoms with Crippen LogP contribution in [0, 0.1) is 12.3 Å². The highest BCUT2D eigenvalue weighted by atomic mass is 32.1. The zero-order valence-electron chi connectivity index (χ0n) is 14.7. The van der Waals surface area contributed by atoms with Gasteiger partial charge in [-0.15, -0.1) is 11.3 Å². The van der Waals surface area contributed by atoms with E-state index in [1.165, 1.54) is 11.3 Å². The van der Waals surface area contributed by atoms with Gasteiger partial charge in [-0.05, 0) is 49.1 Å². The number of anilines is 1. The summed E-state index contributed by atoms with van der Waals surface area (Å²) in [5, 5.41) is 13.6. The Morgan fingerprint density at radius 1 is 1.27 bits per heavy atom. The molecule has 0 fully saturated rings. The highest BCUT2D eigenvalue weighted by Gasteiger charge is 2.49. The first-order valence-electron chi connectivity index (χ1n) is 8.58. The number of fused-ring (bicyclic) bond motifs is 1. The summed E-state index contributed by atoms with van der Waals surface area (Å²) in [5.41, 5.74) is 2.54. The molecule has 0 saturated carbocycles. The number of thiazole rings is 1. The third-order valence-electron chi connectivity index (χ3n) is 5.13. The molecule has 1 heterocycles. The van der Waals surface area contributed by atoms with Gasteiger partial charge in [0.15, 0.2) is 5.13 Å². The highest BCUT2D eigenvalue weighted by Crippen LogP contribution is 2.52. The Labute approximate surface area is 156 Å². The number of hydrogen-bond donors (Lipinski definition) is 2.